The lowest BCUT2D eigenvalue weighted by molar-refractivity contribution is 0.204. The highest BCUT2D eigenvalue weighted by Gasteiger charge is 2.19. The van der Waals surface area contributed by atoms with Crippen molar-refractivity contribution < 1.29 is 9.47 Å². The fourth-order valence-electron chi connectivity index (χ4n) is 3.31. The van der Waals surface area contributed by atoms with Crippen LogP contribution < -0.4 is 15.2 Å². The molecule has 0 bridgehead atoms. The lowest BCUT2D eigenvalue weighted by atomic mass is 9.90. The maximum Gasteiger partial charge on any atom is 0.170 e. The van der Waals surface area contributed by atoms with Gasteiger partial charge < -0.3 is 15.2 Å². The van der Waals surface area contributed by atoms with Crippen LogP contribution in [0.5, 0.6) is 11.5 Å². The van der Waals surface area contributed by atoms with Crippen LogP contribution in [0, 0.1) is 12.8 Å². The molecular weight excluding hydrogens is 276 g/mol. The van der Waals surface area contributed by atoms with E-state index in [9.17, 15) is 0 Å². The van der Waals surface area contributed by atoms with Crippen LogP contribution in [-0.4, -0.2) is 18.7 Å². The van der Waals surface area contributed by atoms with Crippen LogP contribution in [-0.2, 0) is 0 Å². The fourth-order valence-corrected chi connectivity index (χ4v) is 3.31. The zero-order valence-corrected chi connectivity index (χ0v) is 13.4. The van der Waals surface area contributed by atoms with Crippen molar-refractivity contribution in [3.05, 3.63) is 23.9 Å². The monoisotopic (exact) mass is 300 g/mol. The van der Waals surface area contributed by atoms with Crippen molar-refractivity contribution in [2.24, 2.45) is 5.92 Å². The molecule has 0 atom stereocenters. The second-order valence-corrected chi connectivity index (χ2v) is 6.16. The summed E-state index contributed by atoms with van der Waals surface area (Å²) in [5, 5.41) is 0.968. The first-order valence-electron chi connectivity index (χ1n) is 8.05. The molecule has 1 heterocycles. The van der Waals surface area contributed by atoms with Gasteiger partial charge in [0, 0.05) is 12.3 Å². The average Bonchev–Trinajstić information content (AvgIpc) is 2.55. The molecule has 2 N–H and O–H groups in total. The number of nitrogen functional groups attached to an aromatic ring is 1. The molecule has 1 aliphatic rings. The Balaban J connectivity index is 1.97. The highest BCUT2D eigenvalue weighted by molar-refractivity contribution is 5.98. The van der Waals surface area contributed by atoms with Crippen molar-refractivity contribution >= 4 is 16.6 Å². The Morgan fingerprint density at radius 2 is 2.05 bits per heavy atom. The van der Waals surface area contributed by atoms with Crippen LogP contribution in [0.4, 0.5) is 5.69 Å². The predicted octanol–water partition coefficient (Wildman–Crippen LogP) is 4.09. The first kappa shape index (κ1) is 14.9. The molecule has 1 aromatic carbocycles. The van der Waals surface area contributed by atoms with Gasteiger partial charge in [0.25, 0.3) is 0 Å². The summed E-state index contributed by atoms with van der Waals surface area (Å²) in [4.78, 5) is 4.41. The molecule has 0 radical (unpaired) electrons. The largest absolute Gasteiger partial charge is 0.493 e. The zero-order valence-electron chi connectivity index (χ0n) is 13.4. The van der Waals surface area contributed by atoms with Gasteiger partial charge in [0.05, 0.1) is 30.3 Å². The molecule has 118 valence electrons. The number of nitrogens with zero attached hydrogens (tertiary/aromatic N) is 1. The summed E-state index contributed by atoms with van der Waals surface area (Å²) >= 11 is 0. The van der Waals surface area contributed by atoms with Gasteiger partial charge >= 0.3 is 0 Å². The molecule has 3 rings (SSSR count). The Bertz CT molecular complexity index is 664. The standard InChI is InChI=1S/C18H24N2O2/c1-12-8-9-20-17-14(19)10-15(21-2)18(16(12)17)22-11-13-6-4-3-5-7-13/h8-10,13H,3-7,11,19H2,1-2H3. The van der Waals surface area contributed by atoms with Gasteiger partial charge in [-0.05, 0) is 37.3 Å². The number of anilines is 1. The minimum atomic E-state index is 0.626. The van der Waals surface area contributed by atoms with Gasteiger partial charge in [-0.3, -0.25) is 4.98 Å². The normalized spacial score (nSPS) is 15.9. The fraction of sp³-hybridized carbons (Fsp3) is 0.500. The number of hydrogen-bond donors (Lipinski definition) is 1. The van der Waals surface area contributed by atoms with E-state index < -0.39 is 0 Å². The minimum Gasteiger partial charge on any atom is -0.493 e. The van der Waals surface area contributed by atoms with E-state index in [2.05, 4.69) is 11.9 Å². The van der Waals surface area contributed by atoms with E-state index in [-0.39, 0.29) is 0 Å². The molecule has 1 aliphatic carbocycles. The number of methoxy groups -OCH3 is 1. The molecule has 0 amide bonds. The summed E-state index contributed by atoms with van der Waals surface area (Å²) in [6.45, 7) is 2.79. The average molecular weight is 300 g/mol. The van der Waals surface area contributed by atoms with E-state index in [4.69, 9.17) is 15.2 Å². The Labute approximate surface area is 131 Å². The number of benzene rings is 1. The molecule has 0 saturated heterocycles. The highest BCUT2D eigenvalue weighted by atomic mass is 16.5. The Hall–Kier alpha value is -1.97. The summed E-state index contributed by atoms with van der Waals surface area (Å²) in [6, 6.07) is 3.79. The molecule has 0 aliphatic heterocycles. The summed E-state index contributed by atoms with van der Waals surface area (Å²) in [7, 11) is 1.65. The molecule has 0 spiro atoms. The number of hydrogen-bond acceptors (Lipinski definition) is 4. The molecule has 0 unspecified atom stereocenters. The van der Waals surface area contributed by atoms with Crippen molar-refractivity contribution in [3.63, 3.8) is 0 Å². The van der Waals surface area contributed by atoms with Gasteiger partial charge in [0.1, 0.15) is 0 Å². The molecule has 4 heteroatoms. The summed E-state index contributed by atoms with van der Waals surface area (Å²) in [6.07, 6.45) is 8.28. The maximum atomic E-state index is 6.20. The van der Waals surface area contributed by atoms with Gasteiger partial charge in [-0.25, -0.2) is 0 Å². The van der Waals surface area contributed by atoms with Gasteiger partial charge in [-0.2, -0.15) is 0 Å². The highest BCUT2D eigenvalue weighted by Crippen LogP contribution is 2.40. The van der Waals surface area contributed by atoms with Crippen LogP contribution in [0.2, 0.25) is 0 Å². The van der Waals surface area contributed by atoms with E-state index in [0.29, 0.717) is 17.4 Å². The lowest BCUT2D eigenvalue weighted by Crippen LogP contribution is -2.16. The van der Waals surface area contributed by atoms with Crippen LogP contribution >= 0.6 is 0 Å². The maximum absolute atomic E-state index is 6.20. The number of aryl methyl sites for hydroxylation is 1. The number of nitrogens with two attached hydrogens (primary N) is 1. The predicted molar refractivity (Wildman–Crippen MR) is 89.5 cm³/mol. The quantitative estimate of drug-likeness (QED) is 0.864. The molecule has 4 nitrogen and oxygen atoms in total. The first-order valence-corrected chi connectivity index (χ1v) is 8.05. The SMILES string of the molecule is COc1cc(N)c2nccc(C)c2c1OCC1CCCCC1. The van der Waals surface area contributed by atoms with E-state index in [1.807, 2.05) is 12.1 Å². The van der Waals surface area contributed by atoms with E-state index >= 15 is 0 Å². The first-order chi connectivity index (χ1) is 10.7. The Morgan fingerprint density at radius 1 is 1.27 bits per heavy atom. The lowest BCUT2D eigenvalue weighted by Gasteiger charge is -2.23. The topological polar surface area (TPSA) is 57.4 Å². The van der Waals surface area contributed by atoms with Crippen LogP contribution in [0.15, 0.2) is 18.3 Å². The molecule has 1 fully saturated rings. The third-order valence-electron chi connectivity index (χ3n) is 4.58. The van der Waals surface area contributed by atoms with Crippen LogP contribution in [0.3, 0.4) is 0 Å². The van der Waals surface area contributed by atoms with Gasteiger partial charge in [-0.15, -0.1) is 0 Å². The smallest absolute Gasteiger partial charge is 0.170 e. The third kappa shape index (κ3) is 2.82. The Kier molecular flexibility index (Phi) is 4.36. The van der Waals surface area contributed by atoms with Crippen molar-refractivity contribution in [3.8, 4) is 11.5 Å². The second kappa shape index (κ2) is 6.42. The molecule has 1 aromatic heterocycles. The summed E-state index contributed by atoms with van der Waals surface area (Å²) < 4.78 is 11.7. The van der Waals surface area contributed by atoms with Gasteiger partial charge in [0.2, 0.25) is 0 Å². The summed E-state index contributed by atoms with van der Waals surface area (Å²) in [5.74, 6) is 2.11. The van der Waals surface area contributed by atoms with Crippen molar-refractivity contribution in [2.45, 2.75) is 39.0 Å². The van der Waals surface area contributed by atoms with Crippen LogP contribution in [0.25, 0.3) is 10.9 Å². The number of rotatable bonds is 4. The van der Waals surface area contributed by atoms with Gasteiger partial charge in [-0.1, -0.05) is 19.3 Å². The zero-order chi connectivity index (χ0) is 15.5. The summed E-state index contributed by atoms with van der Waals surface area (Å²) in [5.41, 5.74) is 8.63. The van der Waals surface area contributed by atoms with Crippen LogP contribution in [0.1, 0.15) is 37.7 Å². The number of ether oxygens (including phenoxy) is 2. The number of fused-ring (bicyclic) bond motifs is 1. The molecule has 22 heavy (non-hydrogen) atoms. The minimum absolute atomic E-state index is 0.626. The number of aromatic nitrogens is 1. The van der Waals surface area contributed by atoms with E-state index in [1.54, 1.807) is 13.3 Å². The van der Waals surface area contributed by atoms with Crippen molar-refractivity contribution in [2.75, 3.05) is 19.5 Å². The second-order valence-electron chi connectivity index (χ2n) is 6.16. The number of pyridine rings is 1. The molecular formula is C18H24N2O2. The molecule has 1 saturated carbocycles. The van der Waals surface area contributed by atoms with Gasteiger partial charge in [0.15, 0.2) is 11.5 Å². The van der Waals surface area contributed by atoms with Crippen molar-refractivity contribution in [1.82, 2.24) is 4.98 Å². The van der Waals surface area contributed by atoms with Crippen molar-refractivity contribution in [1.29, 1.82) is 0 Å². The van der Waals surface area contributed by atoms with E-state index in [0.717, 1.165) is 28.8 Å². The van der Waals surface area contributed by atoms with E-state index in [1.165, 1.54) is 32.1 Å². The Morgan fingerprint density at radius 3 is 2.77 bits per heavy atom. The third-order valence-corrected chi connectivity index (χ3v) is 4.58. The molecule has 2 aromatic rings.